The van der Waals surface area contributed by atoms with Crippen LogP contribution in [0.2, 0.25) is 0 Å². The highest BCUT2D eigenvalue weighted by atomic mass is 15.2. The van der Waals surface area contributed by atoms with Gasteiger partial charge < -0.3 is 10.2 Å². The topological polar surface area (TPSA) is 28.2 Å². The molecule has 3 nitrogen and oxygen atoms in total. The second-order valence-corrected chi connectivity index (χ2v) is 5.37. The van der Waals surface area contributed by atoms with Gasteiger partial charge in [-0.1, -0.05) is 0 Å². The van der Waals surface area contributed by atoms with Gasteiger partial charge in [-0.25, -0.2) is 0 Å². The van der Waals surface area contributed by atoms with Crippen LogP contribution in [-0.4, -0.2) is 35.6 Å². The lowest BCUT2D eigenvalue weighted by atomic mass is 10.1. The molecule has 2 aliphatic rings. The van der Waals surface area contributed by atoms with Crippen LogP contribution >= 0.6 is 0 Å². The number of rotatable bonds is 5. The molecule has 3 rings (SSSR count). The first-order valence-electron chi connectivity index (χ1n) is 6.75. The van der Waals surface area contributed by atoms with E-state index in [1.165, 1.54) is 37.9 Å². The molecule has 1 unspecified atom stereocenters. The van der Waals surface area contributed by atoms with Crippen molar-refractivity contribution < 1.29 is 0 Å². The lowest BCUT2D eigenvalue weighted by molar-refractivity contribution is 0.312. The largest absolute Gasteiger partial charge is 0.312 e. The molecule has 1 aromatic heterocycles. The third-order valence-corrected chi connectivity index (χ3v) is 3.89. The van der Waals surface area contributed by atoms with Gasteiger partial charge >= 0.3 is 0 Å². The van der Waals surface area contributed by atoms with Crippen molar-refractivity contribution in [1.82, 2.24) is 15.2 Å². The van der Waals surface area contributed by atoms with Gasteiger partial charge in [-0.05, 0) is 56.0 Å². The van der Waals surface area contributed by atoms with Crippen LogP contribution in [0.1, 0.15) is 24.8 Å². The van der Waals surface area contributed by atoms with Crippen LogP contribution in [0.25, 0.3) is 0 Å². The fourth-order valence-corrected chi connectivity index (χ4v) is 2.72. The smallest absolute Gasteiger partial charge is 0.0271 e. The van der Waals surface area contributed by atoms with Gasteiger partial charge in [-0.3, -0.25) is 4.98 Å². The van der Waals surface area contributed by atoms with Crippen LogP contribution in [-0.2, 0) is 6.54 Å². The van der Waals surface area contributed by atoms with Crippen LogP contribution in [0.15, 0.2) is 24.5 Å². The summed E-state index contributed by atoms with van der Waals surface area (Å²) >= 11 is 0. The quantitative estimate of drug-likeness (QED) is 0.835. The molecule has 17 heavy (non-hydrogen) atoms. The predicted octanol–water partition coefficient (Wildman–Crippen LogP) is 1.66. The Morgan fingerprint density at radius 3 is 2.82 bits per heavy atom. The monoisotopic (exact) mass is 231 g/mol. The second-order valence-electron chi connectivity index (χ2n) is 5.37. The molecule has 1 saturated heterocycles. The van der Waals surface area contributed by atoms with Crippen molar-refractivity contribution in [2.24, 2.45) is 5.92 Å². The summed E-state index contributed by atoms with van der Waals surface area (Å²) in [6, 6.07) is 5.11. The third kappa shape index (κ3) is 3.05. The van der Waals surface area contributed by atoms with Crippen LogP contribution in [0.4, 0.5) is 0 Å². The highest BCUT2D eigenvalue weighted by Crippen LogP contribution is 2.31. The third-order valence-electron chi connectivity index (χ3n) is 3.89. The zero-order valence-corrected chi connectivity index (χ0v) is 10.3. The Labute approximate surface area is 103 Å². The predicted molar refractivity (Wildman–Crippen MR) is 68.6 cm³/mol. The van der Waals surface area contributed by atoms with Crippen molar-refractivity contribution in [2.75, 3.05) is 19.6 Å². The summed E-state index contributed by atoms with van der Waals surface area (Å²) in [7, 11) is 0. The lowest BCUT2D eigenvalue weighted by Gasteiger charge is -2.15. The first kappa shape index (κ1) is 11.2. The van der Waals surface area contributed by atoms with Crippen LogP contribution in [0, 0.1) is 5.92 Å². The van der Waals surface area contributed by atoms with Gasteiger partial charge in [0.15, 0.2) is 0 Å². The fourth-order valence-electron chi connectivity index (χ4n) is 2.72. The van der Waals surface area contributed by atoms with E-state index >= 15 is 0 Å². The van der Waals surface area contributed by atoms with Gasteiger partial charge in [0.25, 0.3) is 0 Å². The average Bonchev–Trinajstić information content (AvgIpc) is 3.11. The SMILES string of the molecule is c1cc(CNCC2CCN(C3CC3)C2)ccn1. The van der Waals surface area contributed by atoms with Crippen molar-refractivity contribution in [1.29, 1.82) is 0 Å². The molecule has 92 valence electrons. The number of hydrogen-bond acceptors (Lipinski definition) is 3. The zero-order chi connectivity index (χ0) is 11.5. The number of aromatic nitrogens is 1. The van der Waals surface area contributed by atoms with E-state index in [1.807, 2.05) is 12.4 Å². The van der Waals surface area contributed by atoms with Gasteiger partial charge in [0.05, 0.1) is 0 Å². The van der Waals surface area contributed by atoms with Crippen molar-refractivity contribution in [2.45, 2.75) is 31.8 Å². The number of nitrogens with zero attached hydrogens (tertiary/aromatic N) is 2. The Morgan fingerprint density at radius 1 is 1.24 bits per heavy atom. The molecule has 2 fully saturated rings. The van der Waals surface area contributed by atoms with Crippen LogP contribution in [0.3, 0.4) is 0 Å². The van der Waals surface area contributed by atoms with Crippen LogP contribution < -0.4 is 5.32 Å². The number of likely N-dealkylation sites (tertiary alicyclic amines) is 1. The van der Waals surface area contributed by atoms with Crippen molar-refractivity contribution in [3.05, 3.63) is 30.1 Å². The van der Waals surface area contributed by atoms with E-state index in [2.05, 4.69) is 27.3 Å². The van der Waals surface area contributed by atoms with E-state index in [0.717, 1.165) is 25.0 Å². The Balaban J connectivity index is 1.37. The maximum absolute atomic E-state index is 4.03. The first-order chi connectivity index (χ1) is 8.42. The first-order valence-corrected chi connectivity index (χ1v) is 6.75. The van der Waals surface area contributed by atoms with E-state index < -0.39 is 0 Å². The Bertz CT molecular complexity index is 348. The Hall–Kier alpha value is -0.930. The molecule has 0 spiro atoms. The average molecular weight is 231 g/mol. The normalized spacial score (nSPS) is 25.3. The molecule has 0 aromatic carbocycles. The molecule has 0 amide bonds. The van der Waals surface area contributed by atoms with Crippen molar-refractivity contribution in [3.63, 3.8) is 0 Å². The van der Waals surface area contributed by atoms with E-state index in [4.69, 9.17) is 0 Å². The molecule has 1 atom stereocenters. The van der Waals surface area contributed by atoms with E-state index in [9.17, 15) is 0 Å². The molecule has 0 radical (unpaired) electrons. The lowest BCUT2D eigenvalue weighted by Crippen LogP contribution is -2.27. The maximum atomic E-state index is 4.03. The van der Waals surface area contributed by atoms with Crippen molar-refractivity contribution >= 4 is 0 Å². The molecule has 1 aliphatic heterocycles. The number of pyridine rings is 1. The Kier molecular flexibility index (Phi) is 3.39. The minimum absolute atomic E-state index is 0.859. The van der Waals surface area contributed by atoms with Gasteiger partial charge in [0.1, 0.15) is 0 Å². The molecule has 1 N–H and O–H groups in total. The highest BCUT2D eigenvalue weighted by molar-refractivity contribution is 5.09. The van der Waals surface area contributed by atoms with Gasteiger partial charge in [-0.2, -0.15) is 0 Å². The summed E-state index contributed by atoms with van der Waals surface area (Å²) in [6.07, 6.45) is 7.98. The van der Waals surface area contributed by atoms with E-state index in [-0.39, 0.29) is 0 Å². The molecule has 0 bridgehead atoms. The molecule has 3 heteroatoms. The molecular formula is C14H21N3. The standard InChI is InChI=1S/C14H21N3/c1-2-14(1)17-8-5-13(11-17)10-16-9-12-3-6-15-7-4-12/h3-4,6-7,13-14,16H,1-2,5,8-11H2. The maximum Gasteiger partial charge on any atom is 0.0271 e. The van der Waals surface area contributed by atoms with Crippen molar-refractivity contribution in [3.8, 4) is 0 Å². The fraction of sp³-hybridized carbons (Fsp3) is 0.643. The molecule has 2 heterocycles. The second kappa shape index (κ2) is 5.15. The summed E-state index contributed by atoms with van der Waals surface area (Å²) in [5.74, 6) is 0.859. The van der Waals surface area contributed by atoms with Gasteiger partial charge in [0, 0.05) is 31.5 Å². The Morgan fingerprint density at radius 2 is 2.06 bits per heavy atom. The van der Waals surface area contributed by atoms with Crippen LogP contribution in [0.5, 0.6) is 0 Å². The molecular weight excluding hydrogens is 210 g/mol. The number of nitrogens with one attached hydrogen (secondary N) is 1. The van der Waals surface area contributed by atoms with E-state index in [0.29, 0.717) is 0 Å². The van der Waals surface area contributed by atoms with E-state index in [1.54, 1.807) is 0 Å². The highest BCUT2D eigenvalue weighted by Gasteiger charge is 2.33. The zero-order valence-electron chi connectivity index (χ0n) is 10.3. The number of hydrogen-bond donors (Lipinski definition) is 1. The minimum Gasteiger partial charge on any atom is -0.312 e. The van der Waals surface area contributed by atoms with Gasteiger partial charge in [0.2, 0.25) is 0 Å². The molecule has 1 aliphatic carbocycles. The van der Waals surface area contributed by atoms with Gasteiger partial charge in [-0.15, -0.1) is 0 Å². The summed E-state index contributed by atoms with van der Waals surface area (Å²) in [5.41, 5.74) is 1.33. The molecule has 1 saturated carbocycles. The summed E-state index contributed by atoms with van der Waals surface area (Å²) in [6.45, 7) is 4.77. The summed E-state index contributed by atoms with van der Waals surface area (Å²) in [5, 5.41) is 3.57. The minimum atomic E-state index is 0.859. The summed E-state index contributed by atoms with van der Waals surface area (Å²) < 4.78 is 0. The summed E-state index contributed by atoms with van der Waals surface area (Å²) in [4.78, 5) is 6.71. The molecule has 1 aromatic rings.